The van der Waals surface area contributed by atoms with Gasteiger partial charge >= 0.3 is 6.09 Å². The van der Waals surface area contributed by atoms with Gasteiger partial charge in [-0.1, -0.05) is 18.2 Å². The molecule has 1 N–H and O–H groups in total. The monoisotopic (exact) mass is 463 g/mol. The van der Waals surface area contributed by atoms with Crippen molar-refractivity contribution in [2.45, 2.75) is 77.6 Å². The molecule has 34 heavy (non-hydrogen) atoms. The topological polar surface area (TPSA) is 74.6 Å². The number of carbonyl (C=O) groups is 1. The number of hydrogen-bond acceptors (Lipinski definition) is 5. The van der Waals surface area contributed by atoms with Gasteiger partial charge in [0.2, 0.25) is 0 Å². The summed E-state index contributed by atoms with van der Waals surface area (Å²) in [5.74, 6) is 0.894. The number of rotatable bonds is 7. The number of benzene rings is 2. The Labute approximate surface area is 203 Å². The van der Waals surface area contributed by atoms with E-state index in [-0.39, 0.29) is 12.1 Å². The van der Waals surface area contributed by atoms with Gasteiger partial charge in [-0.05, 0) is 88.8 Å². The van der Waals surface area contributed by atoms with Crippen LogP contribution in [0.3, 0.4) is 0 Å². The van der Waals surface area contributed by atoms with Crippen molar-refractivity contribution in [3.05, 3.63) is 53.6 Å². The minimum absolute atomic E-state index is 0.214. The Balaban J connectivity index is 1.60. The Morgan fingerprint density at radius 2 is 1.74 bits per heavy atom. The molecule has 0 bridgehead atoms. The lowest BCUT2D eigenvalue weighted by atomic mass is 9.90. The summed E-state index contributed by atoms with van der Waals surface area (Å²) in [6, 6.07) is 16.7. The fourth-order valence-electron chi connectivity index (χ4n) is 4.34. The molecule has 0 aliphatic heterocycles. The van der Waals surface area contributed by atoms with E-state index in [0.29, 0.717) is 18.2 Å². The maximum Gasteiger partial charge on any atom is 0.410 e. The van der Waals surface area contributed by atoms with Crippen molar-refractivity contribution in [3.63, 3.8) is 0 Å². The molecular weight excluding hydrogens is 426 g/mol. The van der Waals surface area contributed by atoms with Crippen LogP contribution in [0.2, 0.25) is 0 Å². The normalized spacial score (nSPS) is 18.1. The molecule has 1 fully saturated rings. The zero-order valence-electron chi connectivity index (χ0n) is 21.1. The van der Waals surface area contributed by atoms with Gasteiger partial charge in [0, 0.05) is 31.2 Å². The van der Waals surface area contributed by atoms with Gasteiger partial charge < -0.3 is 19.7 Å². The van der Waals surface area contributed by atoms with Crippen molar-refractivity contribution in [2.75, 3.05) is 13.7 Å². The summed E-state index contributed by atoms with van der Waals surface area (Å²) in [6.07, 6.45) is 3.69. The smallest absolute Gasteiger partial charge is 0.410 e. The van der Waals surface area contributed by atoms with E-state index in [4.69, 9.17) is 14.7 Å². The molecule has 6 heteroatoms. The lowest BCUT2D eigenvalue weighted by molar-refractivity contribution is 0.0179. The highest BCUT2D eigenvalue weighted by Gasteiger charge is 2.29. The second kappa shape index (κ2) is 11.4. The largest absolute Gasteiger partial charge is 0.494 e. The van der Waals surface area contributed by atoms with Crippen LogP contribution in [0.1, 0.15) is 64.5 Å². The Kier molecular flexibility index (Phi) is 8.57. The number of nitrogens with zero attached hydrogens (tertiary/aromatic N) is 2. The highest BCUT2D eigenvalue weighted by atomic mass is 16.6. The molecule has 182 valence electrons. The lowest BCUT2D eigenvalue weighted by Gasteiger charge is -2.36. The van der Waals surface area contributed by atoms with Crippen molar-refractivity contribution in [3.8, 4) is 22.9 Å². The zero-order chi connectivity index (χ0) is 24.7. The fourth-order valence-corrected chi connectivity index (χ4v) is 4.34. The minimum Gasteiger partial charge on any atom is -0.494 e. The summed E-state index contributed by atoms with van der Waals surface area (Å²) in [7, 11) is 1.84. The Bertz CT molecular complexity index is 997. The van der Waals surface area contributed by atoms with E-state index >= 15 is 0 Å². The van der Waals surface area contributed by atoms with E-state index in [9.17, 15) is 4.79 Å². The molecule has 0 radical (unpaired) electrons. The van der Waals surface area contributed by atoms with Gasteiger partial charge in [0.05, 0.1) is 18.2 Å². The molecule has 0 unspecified atom stereocenters. The van der Waals surface area contributed by atoms with Crippen LogP contribution in [0, 0.1) is 11.3 Å². The first-order valence-corrected chi connectivity index (χ1v) is 12.2. The van der Waals surface area contributed by atoms with E-state index in [1.165, 1.54) is 0 Å². The molecule has 0 saturated heterocycles. The maximum atomic E-state index is 12.4. The summed E-state index contributed by atoms with van der Waals surface area (Å²) < 4.78 is 11.4. The van der Waals surface area contributed by atoms with Crippen LogP contribution < -0.4 is 10.1 Å². The van der Waals surface area contributed by atoms with Crippen LogP contribution >= 0.6 is 0 Å². The van der Waals surface area contributed by atoms with Gasteiger partial charge in [0.15, 0.2) is 0 Å². The van der Waals surface area contributed by atoms with E-state index < -0.39 is 5.60 Å². The quantitative estimate of drug-likeness (QED) is 0.554. The second-order valence-electron chi connectivity index (χ2n) is 9.92. The van der Waals surface area contributed by atoms with Crippen LogP contribution in [0.25, 0.3) is 11.1 Å². The molecule has 6 nitrogen and oxygen atoms in total. The zero-order valence-corrected chi connectivity index (χ0v) is 21.1. The van der Waals surface area contributed by atoms with Gasteiger partial charge in [-0.3, -0.25) is 0 Å². The molecule has 2 aromatic carbocycles. The van der Waals surface area contributed by atoms with Crippen LogP contribution in [0.15, 0.2) is 42.5 Å². The predicted molar refractivity (Wildman–Crippen MR) is 135 cm³/mol. The Morgan fingerprint density at radius 3 is 2.32 bits per heavy atom. The summed E-state index contributed by atoms with van der Waals surface area (Å²) >= 11 is 0. The van der Waals surface area contributed by atoms with Crippen molar-refractivity contribution < 1.29 is 14.3 Å². The maximum absolute atomic E-state index is 12.4. The number of amides is 1. The average Bonchev–Trinajstić information content (AvgIpc) is 2.82. The van der Waals surface area contributed by atoms with Gasteiger partial charge in [-0.2, -0.15) is 5.26 Å². The third-order valence-electron chi connectivity index (χ3n) is 6.21. The number of hydrogen-bond donors (Lipinski definition) is 1. The summed E-state index contributed by atoms with van der Waals surface area (Å²) in [5, 5.41) is 12.8. The van der Waals surface area contributed by atoms with Crippen molar-refractivity contribution in [2.24, 2.45) is 0 Å². The highest BCUT2D eigenvalue weighted by Crippen LogP contribution is 2.29. The Hall–Kier alpha value is -3.04. The van der Waals surface area contributed by atoms with Crippen LogP contribution in [-0.2, 0) is 11.3 Å². The predicted octanol–water partition coefficient (Wildman–Crippen LogP) is 5.89. The van der Waals surface area contributed by atoms with Crippen LogP contribution in [0.4, 0.5) is 4.79 Å². The first-order chi connectivity index (χ1) is 16.2. The summed E-state index contributed by atoms with van der Waals surface area (Å²) in [5.41, 5.74) is 3.48. The van der Waals surface area contributed by atoms with E-state index in [1.54, 1.807) is 4.90 Å². The van der Waals surface area contributed by atoms with E-state index in [1.807, 2.05) is 65.1 Å². The molecule has 1 aliphatic carbocycles. The van der Waals surface area contributed by atoms with Gasteiger partial charge in [0.25, 0.3) is 0 Å². The summed E-state index contributed by atoms with van der Waals surface area (Å²) in [4.78, 5) is 14.2. The minimum atomic E-state index is -0.478. The van der Waals surface area contributed by atoms with E-state index in [0.717, 1.165) is 54.7 Å². The number of nitrogens with one attached hydrogen (secondary N) is 1. The molecule has 0 aromatic heterocycles. The van der Waals surface area contributed by atoms with Gasteiger partial charge in [0.1, 0.15) is 11.4 Å². The molecule has 1 aliphatic rings. The van der Waals surface area contributed by atoms with Gasteiger partial charge in [-0.25, -0.2) is 4.79 Å². The first kappa shape index (κ1) is 25.6. The van der Waals surface area contributed by atoms with Crippen molar-refractivity contribution >= 4 is 6.09 Å². The molecule has 1 amide bonds. The summed E-state index contributed by atoms with van der Waals surface area (Å²) in [6.45, 7) is 9.02. The number of ether oxygens (including phenoxy) is 2. The van der Waals surface area contributed by atoms with Crippen molar-refractivity contribution in [1.29, 1.82) is 5.26 Å². The van der Waals surface area contributed by atoms with Crippen LogP contribution in [0.5, 0.6) is 5.75 Å². The van der Waals surface area contributed by atoms with Crippen LogP contribution in [-0.4, -0.2) is 42.3 Å². The van der Waals surface area contributed by atoms with E-state index in [2.05, 4.69) is 23.5 Å². The highest BCUT2D eigenvalue weighted by molar-refractivity contribution is 5.68. The SMILES string of the molecule is CCOc1ccc(-c2ccc(C#N)cc2)cc1CNC1CCC(N(C)C(=O)OC(C)(C)C)CC1. The molecular formula is C28H37N3O3. The third-order valence-corrected chi connectivity index (χ3v) is 6.21. The first-order valence-electron chi connectivity index (χ1n) is 12.2. The molecule has 2 aromatic rings. The average molecular weight is 464 g/mol. The second-order valence-corrected chi connectivity index (χ2v) is 9.92. The van der Waals surface area contributed by atoms with Gasteiger partial charge in [-0.15, -0.1) is 0 Å². The molecule has 0 spiro atoms. The molecule has 1 saturated carbocycles. The standard InChI is InChI=1S/C28H37N3O3/c1-6-33-26-16-11-22(21-9-7-20(18-29)8-10-21)17-23(26)19-30-24-12-14-25(15-13-24)31(5)27(32)34-28(2,3)4/h7-11,16-17,24-25,30H,6,12-15,19H2,1-5H3. The third kappa shape index (κ3) is 6.98. The number of carbonyl (C=O) groups excluding carboxylic acids is 1. The van der Waals surface area contributed by atoms with Crippen molar-refractivity contribution in [1.82, 2.24) is 10.2 Å². The Morgan fingerprint density at radius 1 is 1.09 bits per heavy atom. The lowest BCUT2D eigenvalue weighted by Crippen LogP contribution is -2.44. The fraction of sp³-hybridized carbons (Fsp3) is 0.500. The molecule has 0 atom stereocenters. The molecule has 3 rings (SSSR count). The molecule has 0 heterocycles. The number of nitriles is 1.